The van der Waals surface area contributed by atoms with Gasteiger partial charge in [-0.05, 0) is 39.3 Å². The Balaban J connectivity index is 2.09. The molecule has 2 heterocycles. The molecule has 144 valence electrons. The van der Waals surface area contributed by atoms with Gasteiger partial charge < -0.3 is 15.0 Å². The number of aryl methyl sites for hydroxylation is 1. The lowest BCUT2D eigenvalue weighted by Crippen LogP contribution is -2.48. The number of amides is 2. The molecule has 0 aliphatic carbocycles. The van der Waals surface area contributed by atoms with Crippen LogP contribution in [0.5, 0.6) is 0 Å². The molecule has 7 heteroatoms. The van der Waals surface area contributed by atoms with Crippen molar-refractivity contribution in [2.45, 2.75) is 33.3 Å². The lowest BCUT2D eigenvalue weighted by molar-refractivity contribution is -0.120. The Morgan fingerprint density at radius 1 is 1.33 bits per heavy atom. The third-order valence-electron chi connectivity index (χ3n) is 4.37. The van der Waals surface area contributed by atoms with Crippen LogP contribution in [0.1, 0.15) is 26.3 Å². The predicted molar refractivity (Wildman–Crippen MR) is 106 cm³/mol. The van der Waals surface area contributed by atoms with E-state index in [-0.39, 0.29) is 12.5 Å². The van der Waals surface area contributed by atoms with Gasteiger partial charge in [-0.3, -0.25) is 9.69 Å². The monoisotopic (exact) mass is 370 g/mol. The van der Waals surface area contributed by atoms with E-state index >= 15 is 0 Å². The van der Waals surface area contributed by atoms with Crippen molar-refractivity contribution in [3.8, 4) is 0 Å². The molecule has 0 atom stereocenters. The van der Waals surface area contributed by atoms with E-state index in [2.05, 4.69) is 5.32 Å². The molecule has 1 fully saturated rings. The normalized spacial score (nSPS) is 14.9. The highest BCUT2D eigenvalue weighted by Crippen LogP contribution is 2.33. The Hall–Kier alpha value is -2.83. The molecule has 7 nitrogen and oxygen atoms in total. The molecular formula is C20H26N4O3. The molecule has 1 N–H and O–H groups in total. The van der Waals surface area contributed by atoms with Crippen molar-refractivity contribution >= 4 is 34.4 Å². The van der Waals surface area contributed by atoms with Gasteiger partial charge in [0.25, 0.3) is 0 Å². The highest BCUT2D eigenvalue weighted by molar-refractivity contribution is 5.97. The van der Waals surface area contributed by atoms with Gasteiger partial charge in [-0.2, -0.15) is 0 Å². The minimum Gasteiger partial charge on any atom is -0.443 e. The average Bonchev–Trinajstić information content (AvgIpc) is 2.59. The maximum atomic E-state index is 12.6. The molecule has 1 aromatic carbocycles. The molecule has 2 amide bonds. The van der Waals surface area contributed by atoms with Gasteiger partial charge in [0.15, 0.2) is 5.82 Å². The van der Waals surface area contributed by atoms with Gasteiger partial charge in [-0.1, -0.05) is 18.2 Å². The minimum absolute atomic E-state index is 0.0567. The zero-order chi connectivity index (χ0) is 19.8. The Morgan fingerprint density at radius 3 is 2.74 bits per heavy atom. The van der Waals surface area contributed by atoms with Crippen molar-refractivity contribution in [2.75, 3.05) is 36.5 Å². The molecule has 1 saturated heterocycles. The molecule has 1 aliphatic rings. The maximum Gasteiger partial charge on any atom is 0.414 e. The molecule has 0 radical (unpaired) electrons. The first-order valence-corrected chi connectivity index (χ1v) is 9.04. The highest BCUT2D eigenvalue weighted by atomic mass is 16.6. The summed E-state index contributed by atoms with van der Waals surface area (Å²) in [6.07, 6.45) is -0.459. The fourth-order valence-corrected chi connectivity index (χ4v) is 3.05. The average molecular weight is 370 g/mol. The number of carbonyl (C=O) groups is 2. The number of rotatable bonds is 2. The zero-order valence-electron chi connectivity index (χ0n) is 16.5. The summed E-state index contributed by atoms with van der Waals surface area (Å²) in [5, 5.41) is 3.75. The molecule has 0 saturated carbocycles. The summed E-state index contributed by atoms with van der Waals surface area (Å²) >= 11 is 0. The van der Waals surface area contributed by atoms with Crippen molar-refractivity contribution in [1.82, 2.24) is 10.3 Å². The van der Waals surface area contributed by atoms with Crippen molar-refractivity contribution in [3.05, 3.63) is 29.8 Å². The number of nitrogens with one attached hydrogen (secondary N) is 1. The van der Waals surface area contributed by atoms with Crippen LogP contribution >= 0.6 is 0 Å². The van der Waals surface area contributed by atoms with E-state index in [1.807, 2.05) is 56.9 Å². The summed E-state index contributed by atoms with van der Waals surface area (Å²) in [4.78, 5) is 32.7. The molecule has 1 aromatic heterocycles. The number of para-hydroxylation sites is 1. The lowest BCUT2D eigenvalue weighted by Gasteiger charge is -2.32. The second kappa shape index (κ2) is 7.06. The molecule has 27 heavy (non-hydrogen) atoms. The summed E-state index contributed by atoms with van der Waals surface area (Å²) in [5.74, 6) is 0.554. The van der Waals surface area contributed by atoms with Crippen LogP contribution < -0.4 is 15.1 Å². The van der Waals surface area contributed by atoms with Gasteiger partial charge in [0.1, 0.15) is 5.60 Å². The van der Waals surface area contributed by atoms with E-state index in [0.29, 0.717) is 24.6 Å². The molecule has 2 aromatic rings. The fourth-order valence-electron chi connectivity index (χ4n) is 3.05. The maximum absolute atomic E-state index is 12.6. The van der Waals surface area contributed by atoms with E-state index in [0.717, 1.165) is 16.5 Å². The Morgan fingerprint density at radius 2 is 2.07 bits per heavy atom. The summed E-state index contributed by atoms with van der Waals surface area (Å²) in [6.45, 7) is 8.87. The van der Waals surface area contributed by atoms with Gasteiger partial charge >= 0.3 is 6.09 Å². The van der Waals surface area contributed by atoms with Crippen LogP contribution in [0.2, 0.25) is 0 Å². The van der Waals surface area contributed by atoms with E-state index in [1.54, 1.807) is 7.05 Å². The summed E-state index contributed by atoms with van der Waals surface area (Å²) < 4.78 is 5.51. The zero-order valence-corrected chi connectivity index (χ0v) is 16.5. The summed E-state index contributed by atoms with van der Waals surface area (Å²) in [7, 11) is 1.67. The number of piperazine rings is 1. The highest BCUT2D eigenvalue weighted by Gasteiger charge is 2.27. The molecule has 3 rings (SSSR count). The standard InChI is InChI=1S/C20H26N4O3/c1-13-7-6-8-14-11-15(23(5)19(26)27-20(2,3)4)18(22-17(13)14)24-10-9-21-16(25)12-24/h6-8,11H,9-10,12H2,1-5H3,(H,21,25). The number of fused-ring (bicyclic) bond motifs is 1. The topological polar surface area (TPSA) is 74.8 Å². The number of anilines is 2. The van der Waals surface area contributed by atoms with Crippen LogP contribution in [0.25, 0.3) is 10.9 Å². The first-order valence-electron chi connectivity index (χ1n) is 9.04. The Labute approximate surface area is 159 Å². The Bertz CT molecular complexity index is 889. The number of hydrogen-bond donors (Lipinski definition) is 1. The van der Waals surface area contributed by atoms with E-state index in [9.17, 15) is 9.59 Å². The number of carbonyl (C=O) groups excluding carboxylic acids is 2. The lowest BCUT2D eigenvalue weighted by atomic mass is 10.1. The van der Waals surface area contributed by atoms with Crippen LogP contribution in [-0.2, 0) is 9.53 Å². The first-order chi connectivity index (χ1) is 12.7. The number of ether oxygens (including phenoxy) is 1. The summed E-state index contributed by atoms with van der Waals surface area (Å²) in [6, 6.07) is 7.86. The SMILES string of the molecule is Cc1cccc2cc(N(C)C(=O)OC(C)(C)C)c(N3CCNC(=O)C3)nc12. The van der Waals surface area contributed by atoms with Crippen molar-refractivity contribution in [3.63, 3.8) is 0 Å². The van der Waals surface area contributed by atoms with Crippen LogP contribution in [0.15, 0.2) is 24.3 Å². The van der Waals surface area contributed by atoms with Gasteiger partial charge in [0.05, 0.1) is 17.7 Å². The molecule has 0 spiro atoms. The predicted octanol–water partition coefficient (Wildman–Crippen LogP) is 2.85. The fraction of sp³-hybridized carbons (Fsp3) is 0.450. The van der Waals surface area contributed by atoms with E-state index < -0.39 is 11.7 Å². The van der Waals surface area contributed by atoms with Crippen LogP contribution in [0.4, 0.5) is 16.3 Å². The van der Waals surface area contributed by atoms with Gasteiger partial charge in [0.2, 0.25) is 5.91 Å². The second-order valence-corrected chi connectivity index (χ2v) is 7.79. The molecule has 1 aliphatic heterocycles. The first kappa shape index (κ1) is 18.9. The minimum atomic E-state index is -0.600. The summed E-state index contributed by atoms with van der Waals surface area (Å²) in [5.41, 5.74) is 1.93. The van der Waals surface area contributed by atoms with Crippen LogP contribution in [0.3, 0.4) is 0 Å². The number of aromatic nitrogens is 1. The van der Waals surface area contributed by atoms with Gasteiger partial charge in [-0.15, -0.1) is 0 Å². The largest absolute Gasteiger partial charge is 0.443 e. The third-order valence-corrected chi connectivity index (χ3v) is 4.37. The van der Waals surface area contributed by atoms with E-state index in [4.69, 9.17) is 9.72 Å². The number of pyridine rings is 1. The number of hydrogen-bond acceptors (Lipinski definition) is 5. The number of benzene rings is 1. The molecule has 0 bridgehead atoms. The molecular weight excluding hydrogens is 344 g/mol. The van der Waals surface area contributed by atoms with Gasteiger partial charge in [0, 0.05) is 25.5 Å². The number of nitrogens with zero attached hydrogens (tertiary/aromatic N) is 3. The van der Waals surface area contributed by atoms with Crippen molar-refractivity contribution < 1.29 is 14.3 Å². The third kappa shape index (κ3) is 4.13. The van der Waals surface area contributed by atoms with Gasteiger partial charge in [-0.25, -0.2) is 9.78 Å². The molecule has 0 unspecified atom stereocenters. The Kier molecular flexibility index (Phi) is 4.95. The van der Waals surface area contributed by atoms with Crippen LogP contribution in [0, 0.1) is 6.92 Å². The smallest absolute Gasteiger partial charge is 0.414 e. The second-order valence-electron chi connectivity index (χ2n) is 7.79. The quantitative estimate of drug-likeness (QED) is 0.880. The van der Waals surface area contributed by atoms with Crippen molar-refractivity contribution in [2.24, 2.45) is 0 Å². The van der Waals surface area contributed by atoms with E-state index in [1.165, 1.54) is 4.90 Å². The van der Waals surface area contributed by atoms with Crippen molar-refractivity contribution in [1.29, 1.82) is 0 Å². The van der Waals surface area contributed by atoms with Crippen LogP contribution in [-0.4, -0.2) is 49.3 Å².